The fourth-order valence-corrected chi connectivity index (χ4v) is 1.39. The van der Waals surface area contributed by atoms with Crippen LogP contribution in [0.5, 0.6) is 0 Å². The fourth-order valence-electron chi connectivity index (χ4n) is 1.39. The van der Waals surface area contributed by atoms with Crippen LogP contribution in [0, 0.1) is 5.92 Å². The molecule has 0 radical (unpaired) electrons. The Morgan fingerprint density at radius 3 is 2.56 bits per heavy atom. The molecule has 1 rings (SSSR count). The van der Waals surface area contributed by atoms with Crippen LogP contribution in [-0.4, -0.2) is 17.3 Å². The molecule has 0 unspecified atom stereocenters. The first-order chi connectivity index (χ1) is 4.20. The number of aliphatic hydroxyl groups is 1. The van der Waals surface area contributed by atoms with Gasteiger partial charge in [-0.05, 0) is 25.2 Å². The molecule has 9 heavy (non-hydrogen) atoms. The van der Waals surface area contributed by atoms with Crippen LogP contribution >= 0.6 is 0 Å². The number of nitrogens with two attached hydrogens (primary N) is 1. The second-order valence-electron chi connectivity index (χ2n) is 3.11. The van der Waals surface area contributed by atoms with Crippen molar-refractivity contribution in [3.8, 4) is 0 Å². The molecule has 0 spiro atoms. The summed E-state index contributed by atoms with van der Waals surface area (Å²) in [5, 5.41) is 9.14. The molecule has 1 saturated carbocycles. The summed E-state index contributed by atoms with van der Waals surface area (Å²) >= 11 is 0. The van der Waals surface area contributed by atoms with E-state index in [0.717, 1.165) is 19.3 Å². The highest BCUT2D eigenvalue weighted by atomic mass is 16.3. The summed E-state index contributed by atoms with van der Waals surface area (Å²) in [6, 6.07) is 0.327. The van der Waals surface area contributed by atoms with E-state index in [0.29, 0.717) is 12.0 Å². The summed E-state index contributed by atoms with van der Waals surface area (Å²) < 4.78 is 0. The van der Waals surface area contributed by atoms with Crippen molar-refractivity contribution in [2.75, 3.05) is 0 Å². The van der Waals surface area contributed by atoms with Gasteiger partial charge < -0.3 is 10.8 Å². The molecule has 2 heteroatoms. The smallest absolute Gasteiger partial charge is 0.0544 e. The normalized spacial score (nSPS) is 45.0. The molecule has 0 aromatic rings. The zero-order chi connectivity index (χ0) is 6.85. The average Bonchev–Trinajstić information content (AvgIpc) is 1.80. The first-order valence-electron chi connectivity index (χ1n) is 3.64. The number of hydrogen-bond acceptors (Lipinski definition) is 2. The molecule has 1 aliphatic rings. The highest BCUT2D eigenvalue weighted by Crippen LogP contribution is 2.22. The fraction of sp³-hybridized carbons (Fsp3) is 1.00. The van der Waals surface area contributed by atoms with Gasteiger partial charge >= 0.3 is 0 Å². The van der Waals surface area contributed by atoms with E-state index in [4.69, 9.17) is 10.8 Å². The lowest BCUT2D eigenvalue weighted by Gasteiger charge is -2.28. The minimum atomic E-state index is -0.0835. The van der Waals surface area contributed by atoms with E-state index in [-0.39, 0.29) is 6.10 Å². The maximum Gasteiger partial charge on any atom is 0.0544 e. The van der Waals surface area contributed by atoms with Gasteiger partial charge in [-0.1, -0.05) is 6.92 Å². The van der Waals surface area contributed by atoms with Crippen molar-refractivity contribution in [3.05, 3.63) is 0 Å². The Morgan fingerprint density at radius 2 is 2.11 bits per heavy atom. The summed E-state index contributed by atoms with van der Waals surface area (Å²) in [4.78, 5) is 0. The summed E-state index contributed by atoms with van der Waals surface area (Å²) in [5.41, 5.74) is 5.73. The van der Waals surface area contributed by atoms with E-state index in [9.17, 15) is 0 Å². The molecule has 1 fully saturated rings. The molecule has 0 amide bonds. The Morgan fingerprint density at radius 1 is 1.44 bits per heavy atom. The summed E-state index contributed by atoms with van der Waals surface area (Å²) in [7, 11) is 0. The maximum atomic E-state index is 9.14. The van der Waals surface area contributed by atoms with Gasteiger partial charge in [0.05, 0.1) is 6.10 Å². The summed E-state index contributed by atoms with van der Waals surface area (Å²) in [6.45, 7) is 2.10. The third kappa shape index (κ3) is 1.66. The SMILES string of the molecule is C[C@@H]1C[C@@H](O)CC[C@@H]1N. The minimum absolute atomic E-state index is 0.0835. The van der Waals surface area contributed by atoms with E-state index in [1.165, 1.54) is 0 Å². The molecular formula is C7H15NO. The highest BCUT2D eigenvalue weighted by molar-refractivity contribution is 4.78. The molecular weight excluding hydrogens is 114 g/mol. The van der Waals surface area contributed by atoms with Crippen LogP contribution in [0.2, 0.25) is 0 Å². The van der Waals surface area contributed by atoms with Gasteiger partial charge in [-0.25, -0.2) is 0 Å². The van der Waals surface area contributed by atoms with Crippen molar-refractivity contribution in [3.63, 3.8) is 0 Å². The van der Waals surface area contributed by atoms with Gasteiger partial charge in [-0.3, -0.25) is 0 Å². The van der Waals surface area contributed by atoms with Crippen LogP contribution in [0.3, 0.4) is 0 Å². The lowest BCUT2D eigenvalue weighted by atomic mass is 9.85. The molecule has 3 atom stereocenters. The van der Waals surface area contributed by atoms with Gasteiger partial charge in [0.2, 0.25) is 0 Å². The predicted octanol–water partition coefficient (Wildman–Crippen LogP) is 0.495. The Hall–Kier alpha value is -0.0800. The van der Waals surface area contributed by atoms with Crippen LogP contribution in [-0.2, 0) is 0 Å². The summed E-state index contributed by atoms with van der Waals surface area (Å²) in [6.07, 6.45) is 2.69. The van der Waals surface area contributed by atoms with Gasteiger partial charge in [-0.2, -0.15) is 0 Å². The standard InChI is InChI=1S/C7H15NO/c1-5-4-6(9)2-3-7(5)8/h5-7,9H,2-4,8H2,1H3/t5-,6+,7+/m1/s1. The lowest BCUT2D eigenvalue weighted by Crippen LogP contribution is -2.36. The molecule has 54 valence electrons. The summed E-state index contributed by atoms with van der Waals surface area (Å²) in [5.74, 6) is 0.508. The number of aliphatic hydroxyl groups excluding tert-OH is 1. The topological polar surface area (TPSA) is 46.2 Å². The van der Waals surface area contributed by atoms with Crippen molar-refractivity contribution < 1.29 is 5.11 Å². The largest absolute Gasteiger partial charge is 0.393 e. The first kappa shape index (κ1) is 7.03. The minimum Gasteiger partial charge on any atom is -0.393 e. The van der Waals surface area contributed by atoms with Crippen LogP contribution in [0.15, 0.2) is 0 Å². The van der Waals surface area contributed by atoms with E-state index in [1.807, 2.05) is 0 Å². The monoisotopic (exact) mass is 129 g/mol. The van der Waals surface area contributed by atoms with Gasteiger partial charge in [0.25, 0.3) is 0 Å². The second kappa shape index (κ2) is 2.67. The molecule has 2 nitrogen and oxygen atoms in total. The average molecular weight is 129 g/mol. The zero-order valence-corrected chi connectivity index (χ0v) is 5.88. The predicted molar refractivity (Wildman–Crippen MR) is 37.0 cm³/mol. The number of hydrogen-bond donors (Lipinski definition) is 2. The van der Waals surface area contributed by atoms with Crippen molar-refractivity contribution in [2.45, 2.75) is 38.3 Å². The van der Waals surface area contributed by atoms with E-state index in [2.05, 4.69) is 6.92 Å². The van der Waals surface area contributed by atoms with E-state index in [1.54, 1.807) is 0 Å². The quantitative estimate of drug-likeness (QED) is 0.500. The van der Waals surface area contributed by atoms with Crippen LogP contribution in [0.25, 0.3) is 0 Å². The van der Waals surface area contributed by atoms with E-state index >= 15 is 0 Å². The maximum absolute atomic E-state index is 9.14. The molecule has 0 aromatic heterocycles. The van der Waals surface area contributed by atoms with Crippen molar-refractivity contribution in [2.24, 2.45) is 11.7 Å². The highest BCUT2D eigenvalue weighted by Gasteiger charge is 2.22. The first-order valence-corrected chi connectivity index (χ1v) is 3.64. The molecule has 0 aliphatic heterocycles. The third-order valence-corrected chi connectivity index (χ3v) is 2.21. The van der Waals surface area contributed by atoms with Crippen LogP contribution in [0.4, 0.5) is 0 Å². The van der Waals surface area contributed by atoms with Crippen molar-refractivity contribution >= 4 is 0 Å². The van der Waals surface area contributed by atoms with Crippen LogP contribution in [0.1, 0.15) is 26.2 Å². The van der Waals surface area contributed by atoms with Crippen molar-refractivity contribution in [1.29, 1.82) is 0 Å². The van der Waals surface area contributed by atoms with Gasteiger partial charge in [0, 0.05) is 6.04 Å². The van der Waals surface area contributed by atoms with Gasteiger partial charge in [-0.15, -0.1) is 0 Å². The zero-order valence-electron chi connectivity index (χ0n) is 5.88. The van der Waals surface area contributed by atoms with Crippen LogP contribution < -0.4 is 5.73 Å². The van der Waals surface area contributed by atoms with Crippen molar-refractivity contribution in [1.82, 2.24) is 0 Å². The molecule has 0 saturated heterocycles. The van der Waals surface area contributed by atoms with E-state index < -0.39 is 0 Å². The lowest BCUT2D eigenvalue weighted by molar-refractivity contribution is 0.0961. The number of rotatable bonds is 0. The Kier molecular flexibility index (Phi) is 2.09. The molecule has 0 bridgehead atoms. The Balaban J connectivity index is 2.35. The Labute approximate surface area is 56.1 Å². The molecule has 0 aromatic carbocycles. The van der Waals surface area contributed by atoms with Gasteiger partial charge in [0.15, 0.2) is 0 Å². The molecule has 3 N–H and O–H groups in total. The second-order valence-corrected chi connectivity index (χ2v) is 3.11. The Bertz CT molecular complexity index is 94.9. The molecule has 1 aliphatic carbocycles. The third-order valence-electron chi connectivity index (χ3n) is 2.21. The van der Waals surface area contributed by atoms with Gasteiger partial charge in [0.1, 0.15) is 0 Å². The molecule has 0 heterocycles.